The second-order valence-corrected chi connectivity index (χ2v) is 10.3. The molecule has 7 heteroatoms. The molecule has 0 aliphatic carbocycles. The maximum atomic E-state index is 11.0. The number of thiophene rings is 1. The molecule has 150 valence electrons. The normalized spacial score (nSPS) is 14.1. The predicted molar refractivity (Wildman–Crippen MR) is 112 cm³/mol. The molecule has 0 radical (unpaired) electrons. The quantitative estimate of drug-likeness (QED) is 0.356. The largest absolute Gasteiger partial charge is 0.494 e. The third kappa shape index (κ3) is 9.54. The van der Waals surface area contributed by atoms with Crippen molar-refractivity contribution in [2.45, 2.75) is 51.0 Å². The molecule has 1 atom stereocenters. The fourth-order valence-electron chi connectivity index (χ4n) is 2.73. The van der Waals surface area contributed by atoms with Crippen LogP contribution in [0, 0.1) is 0 Å². The van der Waals surface area contributed by atoms with E-state index in [-0.39, 0.29) is 6.16 Å². The summed E-state index contributed by atoms with van der Waals surface area (Å²) >= 11 is 1.80. The van der Waals surface area contributed by atoms with E-state index in [9.17, 15) is 4.57 Å². The first-order chi connectivity index (χ1) is 12.7. The Hall–Kier alpha value is -1.17. The minimum Gasteiger partial charge on any atom is -0.494 e. The molecular weight excluding hydrogens is 381 g/mol. The van der Waals surface area contributed by atoms with Gasteiger partial charge in [-0.15, -0.1) is 11.3 Å². The Labute approximate surface area is 165 Å². The average molecular weight is 412 g/mol. The fraction of sp³-hybridized carbons (Fsp3) is 0.500. The summed E-state index contributed by atoms with van der Waals surface area (Å²) in [6, 6.07) is 14.2. The molecule has 0 aliphatic heterocycles. The molecule has 0 bridgehead atoms. The fourth-order valence-corrected chi connectivity index (χ4v) is 4.60. The summed E-state index contributed by atoms with van der Waals surface area (Å²) in [7, 11) is -3.98. The van der Waals surface area contributed by atoms with Crippen molar-refractivity contribution in [3.63, 3.8) is 0 Å². The van der Waals surface area contributed by atoms with Crippen molar-refractivity contribution < 1.29 is 19.1 Å². The van der Waals surface area contributed by atoms with Gasteiger partial charge in [0.15, 0.2) is 0 Å². The second-order valence-electron chi connectivity index (χ2n) is 7.28. The molecular formula is C20H30NO4PS. The summed E-state index contributed by atoms with van der Waals surface area (Å²) in [5.74, 6) is 0.916. The Bertz CT molecular complexity index is 727. The molecule has 2 rings (SSSR count). The zero-order chi connectivity index (χ0) is 19.8. The van der Waals surface area contributed by atoms with Gasteiger partial charge in [0.25, 0.3) is 0 Å². The molecule has 2 aromatic rings. The van der Waals surface area contributed by atoms with Gasteiger partial charge in [0.1, 0.15) is 5.75 Å². The zero-order valence-corrected chi connectivity index (χ0v) is 17.6. The molecule has 0 spiro atoms. The molecule has 5 nitrogen and oxygen atoms in total. The SMILES string of the molecule is CC(N)(CCc1ccc(CCCCOc2ccccc2)s1)CCP(=O)(O)O. The molecule has 0 aliphatic rings. The Balaban J connectivity index is 1.64. The first kappa shape index (κ1) is 22.1. The first-order valence-corrected chi connectivity index (χ1v) is 11.9. The van der Waals surface area contributed by atoms with Crippen molar-refractivity contribution in [1.82, 2.24) is 0 Å². The highest BCUT2D eigenvalue weighted by Gasteiger charge is 2.23. The number of unbranched alkanes of at least 4 members (excludes halogenated alkanes) is 1. The van der Waals surface area contributed by atoms with E-state index in [4.69, 9.17) is 20.3 Å². The lowest BCUT2D eigenvalue weighted by molar-refractivity contribution is 0.307. The van der Waals surface area contributed by atoms with Crippen LogP contribution < -0.4 is 10.5 Å². The van der Waals surface area contributed by atoms with Crippen LogP contribution in [0.15, 0.2) is 42.5 Å². The number of benzene rings is 1. The van der Waals surface area contributed by atoms with E-state index in [2.05, 4.69) is 12.1 Å². The summed E-state index contributed by atoms with van der Waals surface area (Å²) < 4.78 is 16.7. The third-order valence-electron chi connectivity index (χ3n) is 4.46. The standard InChI is InChI=1S/C20H30NO4PS/c1-20(21,14-16-26(22,23)24)13-12-19-11-10-18(27-19)9-5-6-15-25-17-7-3-2-4-8-17/h2-4,7-8,10-11H,5-6,9,12-16,21H2,1H3,(H2,22,23,24). The second kappa shape index (κ2) is 10.4. The number of para-hydroxylation sites is 1. The van der Waals surface area contributed by atoms with Crippen molar-refractivity contribution in [1.29, 1.82) is 0 Å². The van der Waals surface area contributed by atoms with Crippen LogP contribution in [-0.2, 0) is 17.4 Å². The van der Waals surface area contributed by atoms with E-state index in [0.29, 0.717) is 6.42 Å². The van der Waals surface area contributed by atoms with Gasteiger partial charge in [-0.05, 0) is 69.7 Å². The van der Waals surface area contributed by atoms with Crippen LogP contribution in [0.3, 0.4) is 0 Å². The summed E-state index contributed by atoms with van der Waals surface area (Å²) in [5.41, 5.74) is 5.63. The van der Waals surface area contributed by atoms with E-state index in [1.165, 1.54) is 9.75 Å². The van der Waals surface area contributed by atoms with Gasteiger partial charge in [0.2, 0.25) is 0 Å². The van der Waals surface area contributed by atoms with Crippen molar-refractivity contribution in [3.05, 3.63) is 52.2 Å². The van der Waals surface area contributed by atoms with E-state index < -0.39 is 13.1 Å². The Morgan fingerprint density at radius 2 is 1.70 bits per heavy atom. The van der Waals surface area contributed by atoms with E-state index >= 15 is 0 Å². The molecule has 1 heterocycles. The van der Waals surface area contributed by atoms with Gasteiger partial charge in [-0.3, -0.25) is 4.57 Å². The van der Waals surface area contributed by atoms with Crippen LogP contribution in [0.5, 0.6) is 5.75 Å². The van der Waals surface area contributed by atoms with Crippen LogP contribution in [0.25, 0.3) is 0 Å². The van der Waals surface area contributed by atoms with Gasteiger partial charge < -0.3 is 20.3 Å². The molecule has 0 amide bonds. The number of nitrogens with two attached hydrogens (primary N) is 1. The van der Waals surface area contributed by atoms with Crippen molar-refractivity contribution in [3.8, 4) is 5.75 Å². The molecule has 27 heavy (non-hydrogen) atoms. The first-order valence-electron chi connectivity index (χ1n) is 9.32. The summed E-state index contributed by atoms with van der Waals surface area (Å²) in [5, 5.41) is 0. The number of hydrogen-bond acceptors (Lipinski definition) is 4. The Morgan fingerprint density at radius 1 is 1.04 bits per heavy atom. The van der Waals surface area contributed by atoms with Gasteiger partial charge in [-0.1, -0.05) is 18.2 Å². The van der Waals surface area contributed by atoms with Gasteiger partial charge >= 0.3 is 7.60 Å². The van der Waals surface area contributed by atoms with Crippen molar-refractivity contribution in [2.75, 3.05) is 12.8 Å². The molecule has 0 saturated carbocycles. The Morgan fingerprint density at radius 3 is 2.37 bits per heavy atom. The Kier molecular flexibility index (Phi) is 8.52. The van der Waals surface area contributed by atoms with E-state index in [1.54, 1.807) is 11.3 Å². The summed E-state index contributed by atoms with van der Waals surface area (Å²) in [6.07, 6.45) is 4.89. The number of rotatable bonds is 12. The van der Waals surface area contributed by atoms with Crippen LogP contribution in [0.2, 0.25) is 0 Å². The lowest BCUT2D eigenvalue weighted by Gasteiger charge is -2.24. The highest BCUT2D eigenvalue weighted by molar-refractivity contribution is 7.51. The lowest BCUT2D eigenvalue weighted by atomic mass is 9.94. The van der Waals surface area contributed by atoms with E-state index in [0.717, 1.165) is 44.5 Å². The highest BCUT2D eigenvalue weighted by Crippen LogP contribution is 2.37. The third-order valence-corrected chi connectivity index (χ3v) is 6.47. The molecule has 1 aromatic carbocycles. The minimum absolute atomic E-state index is 0.152. The van der Waals surface area contributed by atoms with Crippen molar-refractivity contribution >= 4 is 18.9 Å². The van der Waals surface area contributed by atoms with Crippen LogP contribution in [0.4, 0.5) is 0 Å². The van der Waals surface area contributed by atoms with Gasteiger partial charge in [0.05, 0.1) is 12.8 Å². The van der Waals surface area contributed by atoms with Crippen LogP contribution in [-0.4, -0.2) is 28.1 Å². The smallest absolute Gasteiger partial charge is 0.325 e. The van der Waals surface area contributed by atoms with Crippen LogP contribution >= 0.6 is 18.9 Å². The van der Waals surface area contributed by atoms with Gasteiger partial charge in [-0.2, -0.15) is 0 Å². The average Bonchev–Trinajstić information content (AvgIpc) is 3.07. The summed E-state index contributed by atoms with van der Waals surface area (Å²) in [6.45, 7) is 2.59. The zero-order valence-electron chi connectivity index (χ0n) is 15.8. The summed E-state index contributed by atoms with van der Waals surface area (Å²) in [4.78, 5) is 20.6. The monoisotopic (exact) mass is 411 g/mol. The van der Waals surface area contributed by atoms with Gasteiger partial charge in [-0.25, -0.2) is 0 Å². The highest BCUT2D eigenvalue weighted by atomic mass is 32.1. The predicted octanol–water partition coefficient (Wildman–Crippen LogP) is 4.37. The minimum atomic E-state index is -3.98. The molecule has 0 saturated heterocycles. The maximum Gasteiger partial charge on any atom is 0.325 e. The molecule has 1 aromatic heterocycles. The molecule has 0 fully saturated rings. The number of ether oxygens (including phenoxy) is 1. The maximum absolute atomic E-state index is 11.0. The number of aryl methyl sites for hydroxylation is 2. The number of hydrogen-bond donors (Lipinski definition) is 3. The molecule has 4 N–H and O–H groups in total. The van der Waals surface area contributed by atoms with Gasteiger partial charge in [0, 0.05) is 15.3 Å². The topological polar surface area (TPSA) is 92.8 Å². The lowest BCUT2D eigenvalue weighted by Crippen LogP contribution is -2.37. The van der Waals surface area contributed by atoms with Crippen molar-refractivity contribution in [2.24, 2.45) is 5.73 Å². The van der Waals surface area contributed by atoms with E-state index in [1.807, 2.05) is 37.3 Å². The van der Waals surface area contributed by atoms with Crippen LogP contribution in [0.1, 0.15) is 42.4 Å². The molecule has 1 unspecified atom stereocenters.